The maximum absolute atomic E-state index is 14.9. The smallest absolute Gasteiger partial charge is 0.424 e. The van der Waals surface area contributed by atoms with Gasteiger partial charge < -0.3 is 18.6 Å². The molecule has 0 radical (unpaired) electrons. The van der Waals surface area contributed by atoms with Crippen molar-refractivity contribution >= 4 is 11.1 Å². The highest BCUT2D eigenvalue weighted by atomic mass is 19.1. The van der Waals surface area contributed by atoms with Crippen LogP contribution in [-0.4, -0.2) is 16.2 Å². The number of hydrogen-bond donors (Lipinski definition) is 0. The zero-order chi connectivity index (χ0) is 30.1. The molecule has 0 amide bonds. The molecule has 0 aliphatic carbocycles. The molecule has 0 spiro atoms. The number of aryl methyl sites for hydroxylation is 1. The van der Waals surface area contributed by atoms with E-state index in [1.807, 2.05) is 91.0 Å². The summed E-state index contributed by atoms with van der Waals surface area (Å²) in [6.07, 6.45) is 1.10. The minimum atomic E-state index is -0.670. The summed E-state index contributed by atoms with van der Waals surface area (Å²) in [5.41, 5.74) is 4.50. The summed E-state index contributed by atoms with van der Waals surface area (Å²) in [6.45, 7) is 1.48. The van der Waals surface area contributed by atoms with Gasteiger partial charge in [0.2, 0.25) is 11.8 Å². The minimum Gasteiger partial charge on any atom is -0.473 e. The minimum absolute atomic E-state index is 0.157. The Balaban J connectivity index is 1.27. The van der Waals surface area contributed by atoms with Crippen molar-refractivity contribution in [2.75, 3.05) is 6.61 Å². The van der Waals surface area contributed by atoms with Gasteiger partial charge in [-0.25, -0.2) is 13.8 Å². The molecule has 0 bridgehead atoms. The lowest BCUT2D eigenvalue weighted by Gasteiger charge is -2.13. The molecule has 0 aliphatic heterocycles. The van der Waals surface area contributed by atoms with Crippen molar-refractivity contribution in [1.82, 2.24) is 9.55 Å². The molecule has 44 heavy (non-hydrogen) atoms. The third-order valence-electron chi connectivity index (χ3n) is 7.07. The average Bonchev–Trinajstić information content (AvgIpc) is 3.39. The molecule has 0 fully saturated rings. The van der Waals surface area contributed by atoms with Gasteiger partial charge in [-0.05, 0) is 41.7 Å². The van der Waals surface area contributed by atoms with E-state index in [4.69, 9.17) is 18.6 Å². The summed E-state index contributed by atoms with van der Waals surface area (Å²) in [5.74, 6) is -0.667. The number of rotatable bonds is 13. The molecule has 2 aromatic heterocycles. The van der Waals surface area contributed by atoms with Crippen LogP contribution in [0, 0.1) is 5.82 Å². The predicted molar refractivity (Wildman–Crippen MR) is 166 cm³/mol. The van der Waals surface area contributed by atoms with Crippen LogP contribution >= 0.6 is 0 Å². The number of aromatic nitrogens is 2. The lowest BCUT2D eigenvalue weighted by Crippen LogP contribution is -2.14. The molecule has 4 aromatic carbocycles. The predicted octanol–water partition coefficient (Wildman–Crippen LogP) is 7.43. The van der Waals surface area contributed by atoms with Crippen molar-refractivity contribution in [1.29, 1.82) is 0 Å². The number of benzene rings is 4. The zero-order valence-electron chi connectivity index (χ0n) is 24.0. The van der Waals surface area contributed by atoms with Crippen molar-refractivity contribution in [3.63, 3.8) is 0 Å². The quantitative estimate of drug-likeness (QED) is 0.130. The number of fused-ring (bicyclic) bond motifs is 1. The second-order valence-corrected chi connectivity index (χ2v) is 10.3. The Kier molecular flexibility index (Phi) is 9.09. The molecule has 222 valence electrons. The maximum Gasteiger partial charge on any atom is 0.424 e. The van der Waals surface area contributed by atoms with Crippen molar-refractivity contribution in [2.24, 2.45) is 0 Å². The second kappa shape index (κ2) is 13.8. The van der Waals surface area contributed by atoms with Crippen LogP contribution < -0.4 is 15.2 Å². The Labute approximate surface area is 254 Å². The van der Waals surface area contributed by atoms with Gasteiger partial charge in [0.1, 0.15) is 24.7 Å². The average molecular weight is 591 g/mol. The standard InChI is InChI=1S/C36H31FN2O5/c37-30-21-29(17-10-20-41-23-26-11-4-1-5-12-26)34-32(22-30)39(36(40)44-34)31-18-19-33(42-24-27-13-6-2-7-14-27)38-35(31)43-25-28-15-8-3-9-16-28/h1-9,11-16,18-19,21-22H,10,17,20,23-25H2. The van der Waals surface area contributed by atoms with E-state index >= 15 is 0 Å². The van der Waals surface area contributed by atoms with Crippen LogP contribution in [0.5, 0.6) is 11.8 Å². The van der Waals surface area contributed by atoms with E-state index in [-0.39, 0.29) is 12.5 Å². The van der Waals surface area contributed by atoms with Crippen molar-refractivity contribution in [2.45, 2.75) is 32.7 Å². The molecule has 0 atom stereocenters. The molecular formula is C36H31FN2O5. The third-order valence-corrected chi connectivity index (χ3v) is 7.07. The van der Waals surface area contributed by atoms with E-state index in [0.29, 0.717) is 60.9 Å². The molecule has 0 aliphatic rings. The maximum atomic E-state index is 14.9. The van der Waals surface area contributed by atoms with Gasteiger partial charge in [-0.2, -0.15) is 4.98 Å². The van der Waals surface area contributed by atoms with Gasteiger partial charge in [-0.1, -0.05) is 91.0 Å². The molecule has 2 heterocycles. The summed E-state index contributed by atoms with van der Waals surface area (Å²) in [6, 6.07) is 35.2. The van der Waals surface area contributed by atoms with E-state index in [9.17, 15) is 9.18 Å². The SMILES string of the molecule is O=c1oc2c(CCCOCc3ccccc3)cc(F)cc2n1-c1ccc(OCc2ccccc2)nc1OCc1ccccc1. The first kappa shape index (κ1) is 28.9. The van der Waals surface area contributed by atoms with Crippen LogP contribution in [-0.2, 0) is 31.0 Å². The lowest BCUT2D eigenvalue weighted by atomic mass is 10.1. The summed E-state index contributed by atoms with van der Waals surface area (Å²) in [4.78, 5) is 17.9. The molecule has 0 saturated heterocycles. The van der Waals surface area contributed by atoms with Crippen molar-refractivity contribution < 1.29 is 23.0 Å². The van der Waals surface area contributed by atoms with E-state index in [1.54, 1.807) is 12.1 Å². The van der Waals surface area contributed by atoms with Gasteiger partial charge >= 0.3 is 5.76 Å². The molecule has 8 heteroatoms. The monoisotopic (exact) mass is 590 g/mol. The molecule has 6 aromatic rings. The van der Waals surface area contributed by atoms with E-state index in [0.717, 1.165) is 16.7 Å². The summed E-state index contributed by atoms with van der Waals surface area (Å²) in [7, 11) is 0. The largest absolute Gasteiger partial charge is 0.473 e. The van der Waals surface area contributed by atoms with E-state index in [2.05, 4.69) is 4.98 Å². The Morgan fingerprint density at radius 1 is 0.727 bits per heavy atom. The number of oxazole rings is 1. The van der Waals surface area contributed by atoms with Crippen LogP contribution in [0.25, 0.3) is 16.8 Å². The first-order valence-corrected chi connectivity index (χ1v) is 14.4. The molecule has 0 unspecified atom stereocenters. The van der Waals surface area contributed by atoms with Crippen molar-refractivity contribution in [3.8, 4) is 17.4 Å². The van der Waals surface area contributed by atoms with Gasteiger partial charge in [0, 0.05) is 24.3 Å². The molecule has 7 nitrogen and oxygen atoms in total. The van der Waals surface area contributed by atoms with Crippen LogP contribution in [0.4, 0.5) is 4.39 Å². The van der Waals surface area contributed by atoms with Gasteiger partial charge in [-0.3, -0.25) is 0 Å². The van der Waals surface area contributed by atoms with Crippen LogP contribution in [0.2, 0.25) is 0 Å². The Bertz CT molecular complexity index is 1870. The highest BCUT2D eigenvalue weighted by Crippen LogP contribution is 2.30. The number of pyridine rings is 1. The fraction of sp³-hybridized carbons (Fsp3) is 0.167. The van der Waals surface area contributed by atoms with E-state index < -0.39 is 11.6 Å². The number of ether oxygens (including phenoxy) is 3. The number of halogens is 1. The summed E-state index contributed by atoms with van der Waals surface area (Å²) in [5, 5.41) is 0. The highest BCUT2D eigenvalue weighted by molar-refractivity contribution is 5.79. The number of hydrogen-bond acceptors (Lipinski definition) is 6. The first-order valence-electron chi connectivity index (χ1n) is 14.4. The summed E-state index contributed by atoms with van der Waals surface area (Å²) >= 11 is 0. The van der Waals surface area contributed by atoms with Crippen molar-refractivity contribution in [3.05, 3.63) is 154 Å². The first-order chi connectivity index (χ1) is 21.6. The van der Waals surface area contributed by atoms with Crippen LogP contribution in [0.15, 0.2) is 124 Å². The molecule has 0 N–H and O–H groups in total. The topological polar surface area (TPSA) is 75.7 Å². The van der Waals surface area contributed by atoms with Gasteiger partial charge in [0.15, 0.2) is 5.58 Å². The molecule has 0 saturated carbocycles. The van der Waals surface area contributed by atoms with Gasteiger partial charge in [0.25, 0.3) is 0 Å². The zero-order valence-corrected chi connectivity index (χ0v) is 24.0. The third kappa shape index (κ3) is 7.04. The number of nitrogens with zero attached hydrogens (tertiary/aromatic N) is 2. The fourth-order valence-electron chi connectivity index (χ4n) is 4.92. The van der Waals surface area contributed by atoms with E-state index in [1.165, 1.54) is 16.7 Å². The Hall–Kier alpha value is -5.21. The summed E-state index contributed by atoms with van der Waals surface area (Å²) < 4.78 is 39.8. The normalized spacial score (nSPS) is 11.1. The van der Waals surface area contributed by atoms with Crippen LogP contribution in [0.1, 0.15) is 28.7 Å². The fourth-order valence-corrected chi connectivity index (χ4v) is 4.92. The Morgan fingerprint density at radius 2 is 1.34 bits per heavy atom. The van der Waals surface area contributed by atoms with Gasteiger partial charge in [-0.15, -0.1) is 0 Å². The van der Waals surface area contributed by atoms with Crippen LogP contribution in [0.3, 0.4) is 0 Å². The molecular weight excluding hydrogens is 559 g/mol. The second-order valence-electron chi connectivity index (χ2n) is 10.3. The Morgan fingerprint density at radius 3 is 2.00 bits per heavy atom. The lowest BCUT2D eigenvalue weighted by molar-refractivity contribution is 0.118. The van der Waals surface area contributed by atoms with Gasteiger partial charge in [0.05, 0.1) is 12.1 Å². The highest BCUT2D eigenvalue weighted by Gasteiger charge is 2.21. The molecule has 6 rings (SSSR count).